The number of carbonyl (C=O) groups excluding carboxylic acids is 2. The van der Waals surface area contributed by atoms with E-state index >= 15 is 0 Å². The van der Waals surface area contributed by atoms with E-state index in [1.807, 2.05) is 35.8 Å². The summed E-state index contributed by atoms with van der Waals surface area (Å²) in [7, 11) is 1.60. The summed E-state index contributed by atoms with van der Waals surface area (Å²) in [6.45, 7) is 6.08. The van der Waals surface area contributed by atoms with Crippen LogP contribution in [0.2, 0.25) is 5.02 Å². The summed E-state index contributed by atoms with van der Waals surface area (Å²) in [6.07, 6.45) is 1.95. The summed E-state index contributed by atoms with van der Waals surface area (Å²) in [5.41, 5.74) is 1.50. The van der Waals surface area contributed by atoms with Crippen LogP contribution in [0.3, 0.4) is 0 Å². The van der Waals surface area contributed by atoms with Gasteiger partial charge in [0, 0.05) is 17.3 Å². The number of allylic oxidation sites excluding steroid dienone is 1. The van der Waals surface area contributed by atoms with Gasteiger partial charge in [0.05, 0.1) is 25.3 Å². The number of amides is 2. The zero-order valence-corrected chi connectivity index (χ0v) is 20.5. The van der Waals surface area contributed by atoms with Crippen molar-refractivity contribution >= 4 is 40.9 Å². The van der Waals surface area contributed by atoms with Gasteiger partial charge in [-0.2, -0.15) is 0 Å². The molecule has 34 heavy (non-hydrogen) atoms. The Morgan fingerprint density at radius 2 is 1.97 bits per heavy atom. The maximum atomic E-state index is 12.6. The highest BCUT2D eigenvalue weighted by atomic mass is 35.5. The number of hydrogen-bond donors (Lipinski definition) is 2. The number of carbonyl (C=O) groups is 2. The van der Waals surface area contributed by atoms with Crippen molar-refractivity contribution in [3.8, 4) is 5.75 Å². The largest absolute Gasteiger partial charge is 0.497 e. The van der Waals surface area contributed by atoms with Crippen LogP contribution in [0.5, 0.6) is 5.75 Å². The predicted molar refractivity (Wildman–Crippen MR) is 134 cm³/mol. The predicted octanol–water partition coefficient (Wildman–Crippen LogP) is 4.28. The zero-order chi connectivity index (χ0) is 24.5. The second-order valence-electron chi connectivity index (χ2n) is 7.40. The van der Waals surface area contributed by atoms with Gasteiger partial charge in [-0.15, -0.1) is 16.8 Å². The van der Waals surface area contributed by atoms with E-state index in [4.69, 9.17) is 16.3 Å². The fourth-order valence-electron chi connectivity index (χ4n) is 3.21. The number of methoxy groups -OCH3 is 1. The van der Waals surface area contributed by atoms with E-state index < -0.39 is 0 Å². The molecule has 2 aromatic carbocycles. The topological polar surface area (TPSA) is 98.1 Å². The van der Waals surface area contributed by atoms with E-state index in [1.54, 1.807) is 37.5 Å². The minimum Gasteiger partial charge on any atom is -0.497 e. The Bertz CT molecular complexity index is 1150. The quantitative estimate of drug-likeness (QED) is 0.302. The van der Waals surface area contributed by atoms with E-state index in [9.17, 15) is 9.59 Å². The average molecular weight is 500 g/mol. The lowest BCUT2D eigenvalue weighted by Gasteiger charge is -2.15. The van der Waals surface area contributed by atoms with Gasteiger partial charge in [-0.3, -0.25) is 9.59 Å². The number of thioether (sulfide) groups is 1. The number of halogens is 1. The minimum atomic E-state index is -0.382. The van der Waals surface area contributed by atoms with Crippen molar-refractivity contribution in [3.05, 3.63) is 77.6 Å². The van der Waals surface area contributed by atoms with Crippen molar-refractivity contribution in [2.75, 3.05) is 18.2 Å². The van der Waals surface area contributed by atoms with Crippen LogP contribution in [0.25, 0.3) is 0 Å². The third-order valence-corrected chi connectivity index (χ3v) is 5.99. The lowest BCUT2D eigenvalue weighted by molar-refractivity contribution is -0.121. The Balaban J connectivity index is 1.60. The van der Waals surface area contributed by atoms with Crippen molar-refractivity contribution in [1.82, 2.24) is 20.1 Å². The summed E-state index contributed by atoms with van der Waals surface area (Å²) in [5.74, 6) is 1.13. The van der Waals surface area contributed by atoms with Crippen LogP contribution in [-0.4, -0.2) is 39.4 Å². The van der Waals surface area contributed by atoms with Gasteiger partial charge in [-0.25, -0.2) is 0 Å². The van der Waals surface area contributed by atoms with Gasteiger partial charge in [-0.1, -0.05) is 47.6 Å². The van der Waals surface area contributed by atoms with Gasteiger partial charge in [0.15, 0.2) is 11.0 Å². The molecule has 1 aromatic heterocycles. The molecule has 178 valence electrons. The van der Waals surface area contributed by atoms with Crippen molar-refractivity contribution in [1.29, 1.82) is 0 Å². The summed E-state index contributed by atoms with van der Waals surface area (Å²) < 4.78 is 6.98. The highest BCUT2D eigenvalue weighted by Crippen LogP contribution is 2.22. The van der Waals surface area contributed by atoms with Gasteiger partial charge in [0.25, 0.3) is 0 Å². The van der Waals surface area contributed by atoms with Crippen LogP contribution in [0.4, 0.5) is 5.69 Å². The number of rotatable bonds is 11. The Hall–Kier alpha value is -3.30. The first-order valence-electron chi connectivity index (χ1n) is 10.5. The fraction of sp³-hybridized carbons (Fsp3) is 0.250. The van der Waals surface area contributed by atoms with E-state index in [0.29, 0.717) is 28.2 Å². The lowest BCUT2D eigenvalue weighted by atomic mass is 10.1. The van der Waals surface area contributed by atoms with Gasteiger partial charge in [0.1, 0.15) is 5.75 Å². The van der Waals surface area contributed by atoms with Crippen LogP contribution in [0, 0.1) is 0 Å². The third kappa shape index (κ3) is 7.10. The molecule has 0 saturated carbocycles. The number of aromatic nitrogens is 3. The summed E-state index contributed by atoms with van der Waals surface area (Å²) in [4.78, 5) is 24.9. The van der Waals surface area contributed by atoms with Crippen molar-refractivity contribution in [2.45, 2.75) is 31.1 Å². The number of benzene rings is 2. The number of hydrogen-bond acceptors (Lipinski definition) is 6. The standard InChI is InChI=1S/C24H26ClN5O3S/c1-4-12-30-23(16(2)26-21(31)13-17-8-10-20(33-3)11-9-17)28-29-24(30)34-15-22(32)27-19-7-5-6-18(25)14-19/h4-11,14,16H,1,12-13,15H2,2-3H3,(H,26,31)(H,27,32)/t16-/m1/s1. The maximum absolute atomic E-state index is 12.6. The van der Waals surface area contributed by atoms with E-state index in [0.717, 1.165) is 11.3 Å². The van der Waals surface area contributed by atoms with Crippen LogP contribution in [-0.2, 0) is 22.6 Å². The van der Waals surface area contributed by atoms with Crippen LogP contribution in [0.1, 0.15) is 24.4 Å². The van der Waals surface area contributed by atoms with Crippen molar-refractivity contribution in [2.24, 2.45) is 0 Å². The maximum Gasteiger partial charge on any atom is 0.234 e. The van der Waals surface area contributed by atoms with Gasteiger partial charge >= 0.3 is 0 Å². The molecule has 0 aliphatic heterocycles. The van der Waals surface area contributed by atoms with Gasteiger partial charge in [0.2, 0.25) is 11.8 Å². The van der Waals surface area contributed by atoms with E-state index in [1.165, 1.54) is 11.8 Å². The zero-order valence-electron chi connectivity index (χ0n) is 19.0. The SMILES string of the molecule is C=CCn1c(SCC(=O)Nc2cccc(Cl)c2)nnc1[C@@H](C)NC(=O)Cc1ccc(OC)cc1. The normalized spacial score (nSPS) is 11.5. The van der Waals surface area contributed by atoms with E-state index in [-0.39, 0.29) is 30.0 Å². The highest BCUT2D eigenvalue weighted by Gasteiger charge is 2.20. The minimum absolute atomic E-state index is 0.138. The molecule has 0 radical (unpaired) electrons. The molecular formula is C24H26ClN5O3S. The molecule has 10 heteroatoms. The molecule has 3 rings (SSSR count). The van der Waals surface area contributed by atoms with Crippen LogP contribution >= 0.6 is 23.4 Å². The number of nitrogens with one attached hydrogen (secondary N) is 2. The first-order valence-corrected chi connectivity index (χ1v) is 11.9. The molecule has 0 fully saturated rings. The van der Waals surface area contributed by atoms with Gasteiger partial charge in [-0.05, 0) is 42.8 Å². The third-order valence-electron chi connectivity index (χ3n) is 4.79. The van der Waals surface area contributed by atoms with Crippen LogP contribution < -0.4 is 15.4 Å². The van der Waals surface area contributed by atoms with E-state index in [2.05, 4.69) is 27.4 Å². The Morgan fingerprint density at radius 3 is 2.65 bits per heavy atom. The molecule has 0 unspecified atom stereocenters. The number of ether oxygens (including phenoxy) is 1. The molecule has 1 atom stereocenters. The molecule has 1 heterocycles. The second-order valence-corrected chi connectivity index (χ2v) is 8.78. The summed E-state index contributed by atoms with van der Waals surface area (Å²) in [6, 6.07) is 13.9. The molecule has 0 spiro atoms. The molecule has 8 nitrogen and oxygen atoms in total. The van der Waals surface area contributed by atoms with Crippen molar-refractivity contribution < 1.29 is 14.3 Å². The number of nitrogens with zero attached hydrogens (tertiary/aromatic N) is 3. The first-order chi connectivity index (χ1) is 16.4. The lowest BCUT2D eigenvalue weighted by Crippen LogP contribution is -2.30. The summed E-state index contributed by atoms with van der Waals surface area (Å²) >= 11 is 7.21. The Morgan fingerprint density at radius 1 is 1.21 bits per heavy atom. The smallest absolute Gasteiger partial charge is 0.234 e. The summed E-state index contributed by atoms with van der Waals surface area (Å²) in [5, 5.41) is 15.3. The molecule has 3 aromatic rings. The average Bonchev–Trinajstić information content (AvgIpc) is 3.21. The Labute approximate surface area is 207 Å². The number of anilines is 1. The monoisotopic (exact) mass is 499 g/mol. The van der Waals surface area contributed by atoms with Crippen LogP contribution in [0.15, 0.2) is 66.3 Å². The molecule has 0 saturated heterocycles. The molecule has 2 N–H and O–H groups in total. The fourth-order valence-corrected chi connectivity index (χ4v) is 4.15. The van der Waals surface area contributed by atoms with Crippen molar-refractivity contribution in [3.63, 3.8) is 0 Å². The molecule has 2 amide bonds. The molecule has 0 bridgehead atoms. The molecule has 0 aliphatic carbocycles. The second kappa shape index (κ2) is 12.2. The first kappa shape index (κ1) is 25.3. The molecule has 0 aliphatic rings. The Kier molecular flexibility index (Phi) is 9.12. The molecular weight excluding hydrogens is 474 g/mol. The van der Waals surface area contributed by atoms with Gasteiger partial charge < -0.3 is 19.9 Å². The highest BCUT2D eigenvalue weighted by molar-refractivity contribution is 7.99.